The molecule has 1 aliphatic rings. The first-order valence-electron chi connectivity index (χ1n) is 6.57. The fourth-order valence-corrected chi connectivity index (χ4v) is 2.65. The largest absolute Gasteiger partial charge is 0.268 e. The summed E-state index contributed by atoms with van der Waals surface area (Å²) >= 11 is 0. The summed E-state index contributed by atoms with van der Waals surface area (Å²) in [5, 5.41) is 1.91. The van der Waals surface area contributed by atoms with Crippen LogP contribution in [0.15, 0.2) is 60.9 Å². The minimum Gasteiger partial charge on any atom is -0.268 e. The first-order valence-corrected chi connectivity index (χ1v) is 6.57. The van der Waals surface area contributed by atoms with Crippen LogP contribution >= 0.6 is 0 Å². The number of carbonyl (C=O) groups excluding carboxylic acids is 2. The maximum atomic E-state index is 12.5. The number of carbonyl (C=O) groups is 2. The predicted molar refractivity (Wildman–Crippen MR) is 79.3 cm³/mol. The van der Waals surface area contributed by atoms with Crippen molar-refractivity contribution < 1.29 is 9.59 Å². The third-order valence-corrected chi connectivity index (χ3v) is 3.67. The van der Waals surface area contributed by atoms with E-state index >= 15 is 0 Å². The molecule has 0 N–H and O–H groups in total. The molecule has 100 valence electrons. The average Bonchev–Trinajstić information content (AvgIpc) is 2.77. The molecular weight excluding hydrogens is 264 g/mol. The van der Waals surface area contributed by atoms with Crippen LogP contribution in [0.1, 0.15) is 20.7 Å². The fraction of sp³-hybridized carbons (Fsp3) is 0. The summed E-state index contributed by atoms with van der Waals surface area (Å²) in [5.41, 5.74) is 1.45. The van der Waals surface area contributed by atoms with Gasteiger partial charge in [-0.05, 0) is 35.0 Å². The Morgan fingerprint density at radius 2 is 1.29 bits per heavy atom. The van der Waals surface area contributed by atoms with E-state index in [1.54, 1.807) is 36.7 Å². The van der Waals surface area contributed by atoms with Gasteiger partial charge in [-0.1, -0.05) is 24.3 Å². The van der Waals surface area contributed by atoms with Crippen LogP contribution in [0.3, 0.4) is 0 Å². The van der Waals surface area contributed by atoms with Crippen LogP contribution in [0.25, 0.3) is 10.8 Å². The maximum Gasteiger partial charge on any atom is 0.266 e. The smallest absolute Gasteiger partial charge is 0.266 e. The monoisotopic (exact) mass is 274 g/mol. The molecule has 0 aliphatic carbocycles. The second-order valence-corrected chi connectivity index (χ2v) is 4.90. The summed E-state index contributed by atoms with van der Waals surface area (Å²) in [6, 6.07) is 14.6. The molecule has 21 heavy (non-hydrogen) atoms. The van der Waals surface area contributed by atoms with Crippen molar-refractivity contribution in [2.45, 2.75) is 0 Å². The van der Waals surface area contributed by atoms with E-state index in [0.717, 1.165) is 10.8 Å². The van der Waals surface area contributed by atoms with E-state index in [1.807, 2.05) is 24.3 Å². The summed E-state index contributed by atoms with van der Waals surface area (Å²) < 4.78 is 0. The molecule has 2 heterocycles. The fourth-order valence-electron chi connectivity index (χ4n) is 2.65. The molecule has 4 rings (SSSR count). The lowest BCUT2D eigenvalue weighted by atomic mass is 10.0. The van der Waals surface area contributed by atoms with Crippen molar-refractivity contribution in [3.63, 3.8) is 0 Å². The number of hydrogen-bond acceptors (Lipinski definition) is 3. The second kappa shape index (κ2) is 4.24. The third-order valence-electron chi connectivity index (χ3n) is 3.67. The molecule has 0 atom stereocenters. The lowest BCUT2D eigenvalue weighted by molar-refractivity contribution is 0.0926. The van der Waals surface area contributed by atoms with Crippen LogP contribution in [-0.4, -0.2) is 16.8 Å². The van der Waals surface area contributed by atoms with Crippen LogP contribution in [0.4, 0.5) is 5.69 Å². The molecule has 0 saturated carbocycles. The van der Waals surface area contributed by atoms with Crippen molar-refractivity contribution in [2.24, 2.45) is 0 Å². The molecule has 0 bridgehead atoms. The zero-order valence-electron chi connectivity index (χ0n) is 11.0. The van der Waals surface area contributed by atoms with Gasteiger partial charge in [-0.3, -0.25) is 14.6 Å². The van der Waals surface area contributed by atoms with Gasteiger partial charge in [0.15, 0.2) is 0 Å². The molecule has 4 nitrogen and oxygen atoms in total. The van der Waals surface area contributed by atoms with E-state index in [1.165, 1.54) is 4.90 Å². The summed E-state index contributed by atoms with van der Waals surface area (Å²) in [5.74, 6) is -0.570. The topological polar surface area (TPSA) is 50.3 Å². The molecule has 1 aromatic heterocycles. The van der Waals surface area contributed by atoms with E-state index in [4.69, 9.17) is 0 Å². The highest BCUT2D eigenvalue weighted by Gasteiger charge is 2.36. The molecule has 3 aromatic rings. The number of amides is 2. The van der Waals surface area contributed by atoms with E-state index in [2.05, 4.69) is 4.98 Å². The Morgan fingerprint density at radius 1 is 0.762 bits per heavy atom. The lowest BCUT2D eigenvalue weighted by Gasteiger charge is -2.12. The van der Waals surface area contributed by atoms with Crippen molar-refractivity contribution in [3.05, 3.63) is 72.1 Å². The molecule has 4 heteroatoms. The van der Waals surface area contributed by atoms with Gasteiger partial charge in [-0.2, -0.15) is 0 Å². The Labute approximate surface area is 120 Å². The Hall–Kier alpha value is -3.01. The number of benzene rings is 2. The van der Waals surface area contributed by atoms with Crippen molar-refractivity contribution in [1.29, 1.82) is 0 Å². The van der Waals surface area contributed by atoms with Crippen molar-refractivity contribution in [3.8, 4) is 0 Å². The number of fused-ring (bicyclic) bond motifs is 2. The quantitative estimate of drug-likeness (QED) is 0.641. The van der Waals surface area contributed by atoms with Crippen molar-refractivity contribution in [1.82, 2.24) is 4.98 Å². The molecule has 1 aliphatic heterocycles. The number of anilines is 1. The van der Waals surface area contributed by atoms with Gasteiger partial charge < -0.3 is 0 Å². The van der Waals surface area contributed by atoms with Gasteiger partial charge in [0.25, 0.3) is 11.8 Å². The van der Waals surface area contributed by atoms with Gasteiger partial charge in [0, 0.05) is 12.4 Å². The van der Waals surface area contributed by atoms with Gasteiger partial charge in [-0.25, -0.2) is 4.90 Å². The minimum atomic E-state index is -0.285. The SMILES string of the molecule is O=C1c2cc3ccccc3cc2C(=O)N1c1ccncc1. The Bertz CT molecular complexity index is 833. The first-order chi connectivity index (χ1) is 10.3. The lowest BCUT2D eigenvalue weighted by Crippen LogP contribution is -2.29. The van der Waals surface area contributed by atoms with Gasteiger partial charge >= 0.3 is 0 Å². The zero-order valence-corrected chi connectivity index (χ0v) is 11.0. The number of aromatic nitrogens is 1. The highest BCUT2D eigenvalue weighted by molar-refractivity contribution is 6.35. The van der Waals surface area contributed by atoms with Crippen molar-refractivity contribution >= 4 is 28.3 Å². The molecule has 0 saturated heterocycles. The minimum absolute atomic E-state index is 0.285. The van der Waals surface area contributed by atoms with Gasteiger partial charge in [-0.15, -0.1) is 0 Å². The molecule has 0 spiro atoms. The highest BCUT2D eigenvalue weighted by atomic mass is 16.2. The summed E-state index contributed by atoms with van der Waals surface area (Å²) in [6.45, 7) is 0. The summed E-state index contributed by atoms with van der Waals surface area (Å²) in [4.78, 5) is 30.2. The molecule has 2 amide bonds. The average molecular weight is 274 g/mol. The van der Waals surface area contributed by atoms with E-state index in [9.17, 15) is 9.59 Å². The molecule has 0 fully saturated rings. The van der Waals surface area contributed by atoms with Gasteiger partial charge in [0.05, 0.1) is 16.8 Å². The second-order valence-electron chi connectivity index (χ2n) is 4.90. The Morgan fingerprint density at radius 3 is 1.81 bits per heavy atom. The van der Waals surface area contributed by atoms with E-state index in [0.29, 0.717) is 16.8 Å². The Balaban J connectivity index is 1.92. The zero-order chi connectivity index (χ0) is 14.4. The van der Waals surface area contributed by atoms with Crippen LogP contribution in [-0.2, 0) is 0 Å². The van der Waals surface area contributed by atoms with Crippen molar-refractivity contribution in [2.75, 3.05) is 4.90 Å². The van der Waals surface area contributed by atoms with Crippen LogP contribution in [0, 0.1) is 0 Å². The number of rotatable bonds is 1. The first kappa shape index (κ1) is 11.8. The van der Waals surface area contributed by atoms with Gasteiger partial charge in [0.2, 0.25) is 0 Å². The number of nitrogens with zero attached hydrogens (tertiary/aromatic N) is 2. The van der Waals surface area contributed by atoms with Gasteiger partial charge in [0.1, 0.15) is 0 Å². The number of pyridine rings is 1. The molecular formula is C17H10N2O2. The maximum absolute atomic E-state index is 12.5. The van der Waals surface area contributed by atoms with Crippen LogP contribution in [0.5, 0.6) is 0 Å². The molecule has 0 radical (unpaired) electrons. The summed E-state index contributed by atoms with van der Waals surface area (Å²) in [6.07, 6.45) is 3.13. The van der Waals surface area contributed by atoms with Crippen LogP contribution < -0.4 is 4.90 Å². The number of imide groups is 1. The van der Waals surface area contributed by atoms with E-state index in [-0.39, 0.29) is 11.8 Å². The highest BCUT2D eigenvalue weighted by Crippen LogP contribution is 2.31. The Kier molecular flexibility index (Phi) is 2.38. The van der Waals surface area contributed by atoms with Crippen LogP contribution in [0.2, 0.25) is 0 Å². The number of hydrogen-bond donors (Lipinski definition) is 0. The standard InChI is InChI=1S/C17H10N2O2/c20-16-14-9-11-3-1-2-4-12(11)10-15(14)17(21)19(16)13-5-7-18-8-6-13/h1-10H. The normalized spacial score (nSPS) is 13.8. The predicted octanol–water partition coefficient (Wildman–Crippen LogP) is 3.04. The molecule has 2 aromatic carbocycles. The van der Waals surface area contributed by atoms with E-state index < -0.39 is 0 Å². The third kappa shape index (κ3) is 1.66. The molecule has 0 unspecified atom stereocenters. The summed E-state index contributed by atoms with van der Waals surface area (Å²) in [7, 11) is 0.